The average Bonchev–Trinajstić information content (AvgIpc) is 3.09. The molecule has 1 fully saturated rings. The number of anilines is 1. The van der Waals surface area contributed by atoms with E-state index in [0.29, 0.717) is 18.7 Å². The zero-order valence-corrected chi connectivity index (χ0v) is 9.97. The molecule has 1 aromatic carbocycles. The van der Waals surface area contributed by atoms with E-state index in [4.69, 9.17) is 5.11 Å². The SMILES string of the molecule is CCN(C(=O)C1CC1C(=O)O)c1cccc(F)c1. The topological polar surface area (TPSA) is 57.6 Å². The van der Waals surface area contributed by atoms with Gasteiger partial charge in [-0.05, 0) is 31.5 Å². The van der Waals surface area contributed by atoms with Crippen molar-refractivity contribution >= 4 is 17.6 Å². The van der Waals surface area contributed by atoms with Crippen molar-refractivity contribution in [2.45, 2.75) is 13.3 Å². The van der Waals surface area contributed by atoms with Gasteiger partial charge in [0.1, 0.15) is 5.82 Å². The molecule has 5 heteroatoms. The molecule has 1 saturated carbocycles. The summed E-state index contributed by atoms with van der Waals surface area (Å²) >= 11 is 0. The Morgan fingerprint density at radius 2 is 2.17 bits per heavy atom. The van der Waals surface area contributed by atoms with Crippen LogP contribution in [0.25, 0.3) is 0 Å². The summed E-state index contributed by atoms with van der Waals surface area (Å²) in [5, 5.41) is 8.81. The summed E-state index contributed by atoms with van der Waals surface area (Å²) in [5.41, 5.74) is 0.471. The molecule has 4 nitrogen and oxygen atoms in total. The molecule has 0 aromatic heterocycles. The van der Waals surface area contributed by atoms with E-state index in [-0.39, 0.29) is 5.91 Å². The fraction of sp³-hybridized carbons (Fsp3) is 0.385. The summed E-state index contributed by atoms with van der Waals surface area (Å²) in [7, 11) is 0. The van der Waals surface area contributed by atoms with Crippen molar-refractivity contribution in [3.8, 4) is 0 Å². The molecular weight excluding hydrogens is 237 g/mol. The van der Waals surface area contributed by atoms with Gasteiger partial charge in [0, 0.05) is 12.2 Å². The summed E-state index contributed by atoms with van der Waals surface area (Å²) in [6, 6.07) is 5.75. The van der Waals surface area contributed by atoms with E-state index in [0.717, 1.165) is 0 Å². The van der Waals surface area contributed by atoms with E-state index in [1.165, 1.54) is 23.1 Å². The molecular formula is C13H14FNO3. The Labute approximate surface area is 104 Å². The number of hydrogen-bond donors (Lipinski definition) is 1. The minimum Gasteiger partial charge on any atom is -0.481 e. The Morgan fingerprint density at radius 3 is 2.67 bits per heavy atom. The average molecular weight is 251 g/mol. The first-order chi connectivity index (χ1) is 8.54. The van der Waals surface area contributed by atoms with E-state index in [1.807, 2.05) is 0 Å². The summed E-state index contributed by atoms with van der Waals surface area (Å²) < 4.78 is 13.1. The highest BCUT2D eigenvalue weighted by Crippen LogP contribution is 2.40. The van der Waals surface area contributed by atoms with Gasteiger partial charge in [-0.25, -0.2) is 4.39 Å². The molecule has 0 radical (unpaired) electrons. The van der Waals surface area contributed by atoms with Crippen LogP contribution >= 0.6 is 0 Å². The third kappa shape index (κ3) is 2.34. The Morgan fingerprint density at radius 1 is 1.44 bits per heavy atom. The molecule has 2 rings (SSSR count). The molecule has 1 aliphatic rings. The quantitative estimate of drug-likeness (QED) is 0.889. The fourth-order valence-electron chi connectivity index (χ4n) is 2.05. The van der Waals surface area contributed by atoms with Crippen LogP contribution in [0.5, 0.6) is 0 Å². The highest BCUT2D eigenvalue weighted by molar-refractivity contribution is 6.00. The van der Waals surface area contributed by atoms with Crippen LogP contribution in [-0.4, -0.2) is 23.5 Å². The van der Waals surface area contributed by atoms with E-state index in [9.17, 15) is 14.0 Å². The molecule has 1 aliphatic carbocycles. The molecule has 2 unspecified atom stereocenters. The van der Waals surface area contributed by atoms with Crippen LogP contribution in [0.1, 0.15) is 13.3 Å². The number of carbonyl (C=O) groups excluding carboxylic acids is 1. The van der Waals surface area contributed by atoms with Crippen molar-refractivity contribution in [3.05, 3.63) is 30.1 Å². The Kier molecular flexibility index (Phi) is 3.32. The van der Waals surface area contributed by atoms with E-state index in [2.05, 4.69) is 0 Å². The van der Waals surface area contributed by atoms with E-state index >= 15 is 0 Å². The highest BCUT2D eigenvalue weighted by atomic mass is 19.1. The van der Waals surface area contributed by atoms with E-state index < -0.39 is 23.6 Å². The molecule has 0 aliphatic heterocycles. The van der Waals surface area contributed by atoms with Gasteiger partial charge in [0.25, 0.3) is 0 Å². The molecule has 0 bridgehead atoms. The van der Waals surface area contributed by atoms with Crippen LogP contribution in [0.2, 0.25) is 0 Å². The van der Waals surface area contributed by atoms with Crippen molar-refractivity contribution < 1.29 is 19.1 Å². The number of nitrogens with zero attached hydrogens (tertiary/aromatic N) is 1. The van der Waals surface area contributed by atoms with Gasteiger partial charge in [-0.2, -0.15) is 0 Å². The third-order valence-corrected chi connectivity index (χ3v) is 3.13. The first-order valence-corrected chi connectivity index (χ1v) is 5.84. The number of amides is 1. The second-order valence-corrected chi connectivity index (χ2v) is 4.35. The van der Waals surface area contributed by atoms with E-state index in [1.54, 1.807) is 13.0 Å². The van der Waals surface area contributed by atoms with Gasteiger partial charge in [0.15, 0.2) is 0 Å². The maximum atomic E-state index is 13.1. The molecule has 0 heterocycles. The van der Waals surface area contributed by atoms with Crippen LogP contribution in [0.15, 0.2) is 24.3 Å². The lowest BCUT2D eigenvalue weighted by Gasteiger charge is -2.21. The first kappa shape index (κ1) is 12.5. The molecule has 96 valence electrons. The van der Waals surface area contributed by atoms with Crippen molar-refractivity contribution in [3.63, 3.8) is 0 Å². The molecule has 0 spiro atoms. The molecule has 2 atom stereocenters. The van der Waals surface area contributed by atoms with Crippen molar-refractivity contribution in [2.75, 3.05) is 11.4 Å². The lowest BCUT2D eigenvalue weighted by molar-refractivity contribution is -0.140. The molecule has 1 aromatic rings. The van der Waals surface area contributed by atoms with Gasteiger partial charge >= 0.3 is 5.97 Å². The van der Waals surface area contributed by atoms with Crippen molar-refractivity contribution in [1.29, 1.82) is 0 Å². The number of rotatable bonds is 4. The highest BCUT2D eigenvalue weighted by Gasteiger charge is 2.49. The summed E-state index contributed by atoms with van der Waals surface area (Å²) in [4.78, 5) is 24.3. The van der Waals surface area contributed by atoms with Crippen LogP contribution in [0, 0.1) is 17.7 Å². The number of carboxylic acids is 1. The lowest BCUT2D eigenvalue weighted by Crippen LogP contribution is -2.33. The zero-order chi connectivity index (χ0) is 13.3. The molecule has 1 N–H and O–H groups in total. The van der Waals surface area contributed by atoms with Gasteiger partial charge < -0.3 is 10.0 Å². The van der Waals surface area contributed by atoms with Crippen LogP contribution in [-0.2, 0) is 9.59 Å². The number of halogens is 1. The summed E-state index contributed by atoms with van der Waals surface area (Å²) in [6.45, 7) is 2.17. The molecule has 1 amide bonds. The Hall–Kier alpha value is -1.91. The monoisotopic (exact) mass is 251 g/mol. The van der Waals surface area contributed by atoms with Crippen molar-refractivity contribution in [1.82, 2.24) is 0 Å². The van der Waals surface area contributed by atoms with Gasteiger partial charge in [-0.3, -0.25) is 9.59 Å². The minimum absolute atomic E-state index is 0.240. The predicted molar refractivity (Wildman–Crippen MR) is 63.7 cm³/mol. The number of benzene rings is 1. The van der Waals surface area contributed by atoms with Crippen LogP contribution in [0.3, 0.4) is 0 Å². The van der Waals surface area contributed by atoms with Gasteiger partial charge in [0.05, 0.1) is 11.8 Å². The fourth-order valence-corrected chi connectivity index (χ4v) is 2.05. The second kappa shape index (κ2) is 4.76. The molecule has 0 saturated heterocycles. The number of carbonyl (C=O) groups is 2. The Bertz CT molecular complexity index is 489. The maximum Gasteiger partial charge on any atom is 0.307 e. The number of carboxylic acid groups (broad SMARTS) is 1. The van der Waals surface area contributed by atoms with Crippen LogP contribution < -0.4 is 4.90 Å². The minimum atomic E-state index is -0.941. The zero-order valence-electron chi connectivity index (χ0n) is 9.97. The van der Waals surface area contributed by atoms with Crippen LogP contribution in [0.4, 0.5) is 10.1 Å². The van der Waals surface area contributed by atoms with Crippen molar-refractivity contribution in [2.24, 2.45) is 11.8 Å². The predicted octanol–water partition coefficient (Wildman–Crippen LogP) is 1.90. The Balaban J connectivity index is 2.15. The third-order valence-electron chi connectivity index (χ3n) is 3.13. The van der Waals surface area contributed by atoms with Gasteiger partial charge in [-0.1, -0.05) is 6.07 Å². The smallest absolute Gasteiger partial charge is 0.307 e. The first-order valence-electron chi connectivity index (χ1n) is 5.84. The normalized spacial score (nSPS) is 21.4. The largest absolute Gasteiger partial charge is 0.481 e. The van der Waals surface area contributed by atoms with Gasteiger partial charge in [0.2, 0.25) is 5.91 Å². The second-order valence-electron chi connectivity index (χ2n) is 4.35. The summed E-state index contributed by atoms with van der Waals surface area (Å²) in [5.74, 6) is -2.64. The molecule has 18 heavy (non-hydrogen) atoms. The maximum absolute atomic E-state index is 13.1. The standard InChI is InChI=1S/C13H14FNO3/c1-2-15(9-5-3-4-8(14)6-9)12(16)10-7-11(10)13(17)18/h3-6,10-11H,2,7H2,1H3,(H,17,18). The lowest BCUT2D eigenvalue weighted by atomic mass is 10.2. The number of hydrogen-bond acceptors (Lipinski definition) is 2. The van der Waals surface area contributed by atoms with Gasteiger partial charge in [-0.15, -0.1) is 0 Å². The number of aliphatic carboxylic acids is 1. The summed E-state index contributed by atoms with van der Waals surface area (Å²) in [6.07, 6.45) is 0.375.